The van der Waals surface area contributed by atoms with Crippen LogP contribution in [0.25, 0.3) is 0 Å². The van der Waals surface area contributed by atoms with Gasteiger partial charge in [-0.05, 0) is 37.6 Å². The first kappa shape index (κ1) is 14.0. The number of carbonyl (C=O) groups excluding carboxylic acids is 1. The second-order valence-electron chi connectivity index (χ2n) is 4.06. The highest BCUT2D eigenvalue weighted by molar-refractivity contribution is 5.90. The van der Waals surface area contributed by atoms with Gasteiger partial charge in [0.25, 0.3) is 0 Å². The average Bonchev–Trinajstić information content (AvgIpc) is 2.20. The van der Waals surface area contributed by atoms with E-state index in [0.29, 0.717) is 11.3 Å². The maximum atomic E-state index is 12.8. The average molecular weight is 254 g/mol. The number of carbonyl (C=O) groups is 2. The van der Waals surface area contributed by atoms with Crippen molar-refractivity contribution in [3.8, 4) is 0 Å². The van der Waals surface area contributed by atoms with Crippen LogP contribution < -0.4 is 10.6 Å². The monoisotopic (exact) mass is 254 g/mol. The predicted octanol–water partition coefficient (Wildman–Crippen LogP) is 2.12. The van der Waals surface area contributed by atoms with Gasteiger partial charge in [-0.2, -0.15) is 0 Å². The number of urea groups is 1. The highest BCUT2D eigenvalue weighted by Gasteiger charge is 2.11. The van der Waals surface area contributed by atoms with Gasteiger partial charge in [-0.25, -0.2) is 9.18 Å². The van der Waals surface area contributed by atoms with Crippen LogP contribution in [0.5, 0.6) is 0 Å². The maximum Gasteiger partial charge on any atom is 0.319 e. The third-order valence-corrected chi connectivity index (χ3v) is 2.29. The summed E-state index contributed by atoms with van der Waals surface area (Å²) in [6.45, 7) is 3.25. The lowest BCUT2D eigenvalue weighted by atomic mass is 10.2. The Morgan fingerprint density at radius 2 is 2.11 bits per heavy atom. The van der Waals surface area contributed by atoms with E-state index < -0.39 is 18.0 Å². The Bertz CT molecular complexity index is 463. The molecule has 3 N–H and O–H groups in total. The summed E-state index contributed by atoms with van der Waals surface area (Å²) in [6.07, 6.45) is -0.157. The van der Waals surface area contributed by atoms with E-state index in [9.17, 15) is 14.0 Å². The number of halogens is 1. The number of hydrogen-bond acceptors (Lipinski definition) is 2. The molecule has 1 unspecified atom stereocenters. The lowest BCUT2D eigenvalue weighted by Gasteiger charge is -2.13. The van der Waals surface area contributed by atoms with Crippen molar-refractivity contribution in [1.29, 1.82) is 0 Å². The molecular formula is C12H15FN2O3. The van der Waals surface area contributed by atoms with E-state index in [0.717, 1.165) is 0 Å². The number of nitrogens with one attached hydrogen (secondary N) is 2. The second kappa shape index (κ2) is 6.00. The SMILES string of the molecule is Cc1cc(F)ccc1NC(=O)NC(C)CC(=O)O. The highest BCUT2D eigenvalue weighted by atomic mass is 19.1. The minimum Gasteiger partial charge on any atom is -0.481 e. The second-order valence-corrected chi connectivity index (χ2v) is 4.06. The zero-order valence-corrected chi connectivity index (χ0v) is 10.2. The Morgan fingerprint density at radius 1 is 1.44 bits per heavy atom. The molecule has 5 nitrogen and oxygen atoms in total. The number of anilines is 1. The van der Waals surface area contributed by atoms with Crippen LogP contribution in [0.15, 0.2) is 18.2 Å². The van der Waals surface area contributed by atoms with Gasteiger partial charge in [-0.1, -0.05) is 0 Å². The first-order chi connectivity index (χ1) is 8.38. The summed E-state index contributed by atoms with van der Waals surface area (Å²) in [4.78, 5) is 22.0. The molecular weight excluding hydrogens is 239 g/mol. The van der Waals surface area contributed by atoms with Crippen LogP contribution in [0.4, 0.5) is 14.9 Å². The topological polar surface area (TPSA) is 78.4 Å². The minimum absolute atomic E-state index is 0.157. The van der Waals surface area contributed by atoms with Crippen molar-refractivity contribution in [1.82, 2.24) is 5.32 Å². The Labute approximate surface area is 104 Å². The molecule has 0 bridgehead atoms. The molecule has 1 atom stereocenters. The van der Waals surface area contributed by atoms with E-state index in [1.54, 1.807) is 13.8 Å². The number of amides is 2. The van der Waals surface area contributed by atoms with E-state index in [4.69, 9.17) is 5.11 Å². The fourth-order valence-electron chi connectivity index (χ4n) is 1.46. The molecule has 0 aliphatic heterocycles. The Kier molecular flexibility index (Phi) is 4.65. The number of aliphatic carboxylic acids is 1. The number of benzene rings is 1. The number of carboxylic acids is 1. The zero-order chi connectivity index (χ0) is 13.7. The van der Waals surface area contributed by atoms with Crippen LogP contribution in [0, 0.1) is 12.7 Å². The van der Waals surface area contributed by atoms with Crippen molar-refractivity contribution >= 4 is 17.7 Å². The summed E-state index contributed by atoms with van der Waals surface area (Å²) < 4.78 is 12.8. The van der Waals surface area contributed by atoms with Crippen LogP contribution in [0.1, 0.15) is 18.9 Å². The molecule has 0 radical (unpaired) electrons. The largest absolute Gasteiger partial charge is 0.481 e. The molecule has 1 aromatic carbocycles. The van der Waals surface area contributed by atoms with Gasteiger partial charge in [0.1, 0.15) is 5.82 Å². The molecule has 0 aliphatic carbocycles. The van der Waals surface area contributed by atoms with Crippen molar-refractivity contribution in [2.75, 3.05) is 5.32 Å². The Balaban J connectivity index is 2.56. The van der Waals surface area contributed by atoms with Gasteiger partial charge in [0, 0.05) is 11.7 Å². The lowest BCUT2D eigenvalue weighted by Crippen LogP contribution is -2.37. The Hall–Kier alpha value is -2.11. The molecule has 0 aromatic heterocycles. The Morgan fingerprint density at radius 3 is 2.67 bits per heavy atom. The molecule has 0 saturated carbocycles. The van der Waals surface area contributed by atoms with Crippen molar-refractivity contribution in [3.63, 3.8) is 0 Å². The van der Waals surface area contributed by atoms with Gasteiger partial charge in [0.05, 0.1) is 6.42 Å². The first-order valence-corrected chi connectivity index (χ1v) is 5.44. The van der Waals surface area contributed by atoms with Crippen LogP contribution in [0.3, 0.4) is 0 Å². The maximum absolute atomic E-state index is 12.8. The van der Waals surface area contributed by atoms with Crippen LogP contribution >= 0.6 is 0 Å². The van der Waals surface area contributed by atoms with Crippen molar-refractivity contribution in [3.05, 3.63) is 29.6 Å². The molecule has 0 fully saturated rings. The number of rotatable bonds is 4. The van der Waals surface area contributed by atoms with Crippen LogP contribution in [-0.2, 0) is 4.79 Å². The fourth-order valence-corrected chi connectivity index (χ4v) is 1.46. The molecule has 98 valence electrons. The third kappa shape index (κ3) is 4.40. The molecule has 0 saturated heterocycles. The van der Waals surface area contributed by atoms with Gasteiger partial charge >= 0.3 is 12.0 Å². The van der Waals surface area contributed by atoms with Gasteiger partial charge in [-0.15, -0.1) is 0 Å². The summed E-state index contributed by atoms with van der Waals surface area (Å²) in [7, 11) is 0. The summed E-state index contributed by atoms with van der Waals surface area (Å²) in [5.74, 6) is -1.36. The third-order valence-electron chi connectivity index (χ3n) is 2.29. The smallest absolute Gasteiger partial charge is 0.319 e. The summed E-state index contributed by atoms with van der Waals surface area (Å²) >= 11 is 0. The quantitative estimate of drug-likeness (QED) is 0.770. The summed E-state index contributed by atoms with van der Waals surface area (Å²) in [5.41, 5.74) is 1.08. The van der Waals surface area contributed by atoms with E-state index in [-0.39, 0.29) is 12.2 Å². The first-order valence-electron chi connectivity index (χ1n) is 5.44. The zero-order valence-electron chi connectivity index (χ0n) is 10.2. The molecule has 0 aliphatic rings. The molecule has 1 aromatic rings. The van der Waals surface area contributed by atoms with E-state index in [2.05, 4.69) is 10.6 Å². The molecule has 2 amide bonds. The van der Waals surface area contributed by atoms with E-state index >= 15 is 0 Å². The lowest BCUT2D eigenvalue weighted by molar-refractivity contribution is -0.137. The molecule has 1 rings (SSSR count). The van der Waals surface area contributed by atoms with Crippen LogP contribution in [-0.4, -0.2) is 23.1 Å². The van der Waals surface area contributed by atoms with E-state index in [1.165, 1.54) is 18.2 Å². The molecule has 0 heterocycles. The minimum atomic E-state index is -0.985. The van der Waals surface area contributed by atoms with Gasteiger partial charge in [0.2, 0.25) is 0 Å². The van der Waals surface area contributed by atoms with Crippen molar-refractivity contribution in [2.45, 2.75) is 26.3 Å². The normalized spacial score (nSPS) is 11.7. The molecule has 0 spiro atoms. The highest BCUT2D eigenvalue weighted by Crippen LogP contribution is 2.15. The summed E-state index contributed by atoms with van der Waals surface area (Å²) in [6, 6.07) is 2.99. The number of aryl methyl sites for hydroxylation is 1. The number of hydrogen-bond donors (Lipinski definition) is 3. The van der Waals surface area contributed by atoms with Crippen molar-refractivity contribution < 1.29 is 19.1 Å². The molecule has 6 heteroatoms. The molecule has 18 heavy (non-hydrogen) atoms. The van der Waals surface area contributed by atoms with Gasteiger partial charge in [0.15, 0.2) is 0 Å². The van der Waals surface area contributed by atoms with Gasteiger partial charge in [-0.3, -0.25) is 4.79 Å². The van der Waals surface area contributed by atoms with Gasteiger partial charge < -0.3 is 15.7 Å². The standard InChI is InChI=1S/C12H15FN2O3/c1-7-5-9(13)3-4-10(7)15-12(18)14-8(2)6-11(16)17/h3-5,8H,6H2,1-2H3,(H,16,17)(H2,14,15,18). The van der Waals surface area contributed by atoms with Crippen molar-refractivity contribution in [2.24, 2.45) is 0 Å². The number of carboxylic acid groups (broad SMARTS) is 1. The fraction of sp³-hybridized carbons (Fsp3) is 0.333. The summed E-state index contributed by atoms with van der Waals surface area (Å²) in [5, 5.41) is 13.6. The van der Waals surface area contributed by atoms with Crippen LogP contribution in [0.2, 0.25) is 0 Å². The van der Waals surface area contributed by atoms with E-state index in [1.807, 2.05) is 0 Å². The predicted molar refractivity (Wildman–Crippen MR) is 65.0 cm³/mol.